The van der Waals surface area contributed by atoms with E-state index in [1.165, 1.54) is 0 Å². The predicted octanol–water partition coefficient (Wildman–Crippen LogP) is 1.86. The molecule has 0 spiro atoms. The molecule has 0 aromatic heterocycles. The number of carbonyl (C=O) groups is 2. The van der Waals surface area contributed by atoms with Gasteiger partial charge in [0.2, 0.25) is 0 Å². The number of carbonyl (C=O) groups excluding carboxylic acids is 2. The van der Waals surface area contributed by atoms with Crippen LogP contribution in [0.15, 0.2) is 0 Å². The number of nitrogens with zero attached hydrogens (tertiary/aromatic N) is 1. The summed E-state index contributed by atoms with van der Waals surface area (Å²) in [7, 11) is 0. The Bertz CT molecular complexity index is 430. The Balaban J connectivity index is 1.72. The molecule has 132 valence electrons. The lowest BCUT2D eigenvalue weighted by Gasteiger charge is -2.25. The van der Waals surface area contributed by atoms with E-state index >= 15 is 0 Å². The van der Waals surface area contributed by atoms with E-state index in [-0.39, 0.29) is 30.3 Å². The molecule has 2 fully saturated rings. The Labute approximate surface area is 138 Å². The molecule has 7 heteroatoms. The van der Waals surface area contributed by atoms with Crippen LogP contribution in [0, 0.1) is 0 Å². The Morgan fingerprint density at radius 2 is 2.04 bits per heavy atom. The first-order chi connectivity index (χ1) is 10.7. The van der Waals surface area contributed by atoms with Gasteiger partial charge in [-0.3, -0.25) is 0 Å². The highest BCUT2D eigenvalue weighted by atomic mass is 16.6. The highest BCUT2D eigenvalue weighted by Crippen LogP contribution is 2.16. The van der Waals surface area contributed by atoms with Crippen LogP contribution in [0.1, 0.15) is 47.0 Å². The van der Waals surface area contributed by atoms with Crippen molar-refractivity contribution in [2.24, 2.45) is 0 Å². The molecule has 0 aromatic carbocycles. The third-order valence-electron chi connectivity index (χ3n) is 4.06. The summed E-state index contributed by atoms with van der Waals surface area (Å²) in [4.78, 5) is 25.7. The Hall–Kier alpha value is -1.50. The first-order valence-corrected chi connectivity index (χ1v) is 8.41. The fourth-order valence-electron chi connectivity index (χ4n) is 2.89. The zero-order chi connectivity index (χ0) is 17.0. The summed E-state index contributed by atoms with van der Waals surface area (Å²) in [6, 6.07) is -0.260. The molecule has 0 aromatic rings. The Morgan fingerprint density at radius 1 is 1.30 bits per heavy atom. The predicted molar refractivity (Wildman–Crippen MR) is 86.3 cm³/mol. The highest BCUT2D eigenvalue weighted by Gasteiger charge is 2.31. The molecular formula is C16H29N3O4. The maximum atomic E-state index is 12.1. The van der Waals surface area contributed by atoms with Gasteiger partial charge in [0.25, 0.3) is 0 Å². The van der Waals surface area contributed by atoms with E-state index in [1.807, 2.05) is 27.7 Å². The molecule has 2 aliphatic rings. The highest BCUT2D eigenvalue weighted by molar-refractivity contribution is 5.75. The van der Waals surface area contributed by atoms with Crippen molar-refractivity contribution in [2.75, 3.05) is 19.7 Å². The van der Waals surface area contributed by atoms with E-state index in [0.29, 0.717) is 13.1 Å². The molecule has 0 radical (unpaired) electrons. The van der Waals surface area contributed by atoms with Crippen LogP contribution in [0.25, 0.3) is 0 Å². The van der Waals surface area contributed by atoms with Crippen molar-refractivity contribution < 1.29 is 19.1 Å². The fraction of sp³-hybridized carbons (Fsp3) is 0.875. The fourth-order valence-corrected chi connectivity index (χ4v) is 2.89. The molecule has 2 N–H and O–H groups in total. The number of likely N-dealkylation sites (tertiary alicyclic amines) is 1. The molecule has 0 aliphatic carbocycles. The van der Waals surface area contributed by atoms with Gasteiger partial charge in [0, 0.05) is 25.7 Å². The van der Waals surface area contributed by atoms with Crippen molar-refractivity contribution in [3.63, 3.8) is 0 Å². The van der Waals surface area contributed by atoms with Gasteiger partial charge >= 0.3 is 12.1 Å². The molecular weight excluding hydrogens is 298 g/mol. The van der Waals surface area contributed by atoms with Crippen LogP contribution in [0.4, 0.5) is 9.59 Å². The summed E-state index contributed by atoms with van der Waals surface area (Å²) in [5.74, 6) is 0. The first kappa shape index (κ1) is 17.8. The van der Waals surface area contributed by atoms with E-state index in [0.717, 1.165) is 25.9 Å². The first-order valence-electron chi connectivity index (χ1n) is 8.41. The van der Waals surface area contributed by atoms with Gasteiger partial charge in [0.1, 0.15) is 5.60 Å². The lowest BCUT2D eigenvalue weighted by atomic mass is 10.1. The van der Waals surface area contributed by atoms with Crippen molar-refractivity contribution in [2.45, 2.75) is 70.7 Å². The Kier molecular flexibility index (Phi) is 5.73. The van der Waals surface area contributed by atoms with Gasteiger partial charge in [-0.05, 0) is 47.0 Å². The molecule has 2 rings (SSSR count). The number of hydrogen-bond donors (Lipinski definition) is 2. The number of ether oxygens (including phenoxy) is 2. The maximum Gasteiger partial charge on any atom is 0.410 e. The van der Waals surface area contributed by atoms with Gasteiger partial charge in [0.05, 0.1) is 12.1 Å². The molecule has 7 nitrogen and oxygen atoms in total. The van der Waals surface area contributed by atoms with E-state index < -0.39 is 5.60 Å². The van der Waals surface area contributed by atoms with Gasteiger partial charge in [-0.25, -0.2) is 9.59 Å². The molecule has 3 atom stereocenters. The van der Waals surface area contributed by atoms with Gasteiger partial charge in [-0.15, -0.1) is 0 Å². The summed E-state index contributed by atoms with van der Waals surface area (Å²) in [5.41, 5.74) is -0.503. The summed E-state index contributed by atoms with van der Waals surface area (Å²) in [5, 5.41) is 5.85. The molecule has 0 unspecified atom stereocenters. The monoisotopic (exact) mass is 327 g/mol. The smallest absolute Gasteiger partial charge is 0.410 e. The van der Waals surface area contributed by atoms with Crippen molar-refractivity contribution in [1.82, 2.24) is 15.5 Å². The van der Waals surface area contributed by atoms with E-state index in [1.54, 1.807) is 4.90 Å². The second kappa shape index (κ2) is 7.38. The van der Waals surface area contributed by atoms with E-state index in [2.05, 4.69) is 10.6 Å². The largest absolute Gasteiger partial charge is 0.444 e. The number of amides is 3. The standard InChI is InChI=1S/C16H29N3O4/c1-11(13-6-5-9-22-13)17-14(20)18-12-7-8-19(10-12)15(21)23-16(2,3)4/h11-13H,5-10H2,1-4H3,(H2,17,18,20)/t11-,12+,13-/m0/s1. The third-order valence-corrected chi connectivity index (χ3v) is 4.06. The summed E-state index contributed by atoms with van der Waals surface area (Å²) >= 11 is 0. The van der Waals surface area contributed by atoms with Gasteiger partial charge in [0.15, 0.2) is 0 Å². The summed E-state index contributed by atoms with van der Waals surface area (Å²) < 4.78 is 10.9. The molecule has 2 saturated heterocycles. The molecule has 2 heterocycles. The number of hydrogen-bond acceptors (Lipinski definition) is 4. The van der Waals surface area contributed by atoms with Gasteiger partial charge in [-0.1, -0.05) is 0 Å². The number of nitrogens with one attached hydrogen (secondary N) is 2. The van der Waals surface area contributed by atoms with Crippen LogP contribution in [0.2, 0.25) is 0 Å². The van der Waals surface area contributed by atoms with Crippen LogP contribution in [-0.2, 0) is 9.47 Å². The normalized spacial score (nSPS) is 26.0. The van der Waals surface area contributed by atoms with Gasteiger partial charge < -0.3 is 25.0 Å². The van der Waals surface area contributed by atoms with Crippen molar-refractivity contribution in [1.29, 1.82) is 0 Å². The molecule has 0 saturated carbocycles. The van der Waals surface area contributed by atoms with Crippen molar-refractivity contribution >= 4 is 12.1 Å². The minimum absolute atomic E-state index is 0.0131. The average molecular weight is 327 g/mol. The molecule has 2 aliphatic heterocycles. The maximum absolute atomic E-state index is 12.1. The average Bonchev–Trinajstić information content (AvgIpc) is 3.07. The van der Waals surface area contributed by atoms with Crippen LogP contribution in [0.3, 0.4) is 0 Å². The zero-order valence-corrected chi connectivity index (χ0v) is 14.6. The SMILES string of the molecule is C[C@H](NC(=O)N[C@@H]1CCN(C(=O)OC(C)(C)C)C1)[C@@H]1CCCO1. The number of rotatable bonds is 3. The quantitative estimate of drug-likeness (QED) is 0.829. The minimum Gasteiger partial charge on any atom is -0.444 e. The zero-order valence-electron chi connectivity index (χ0n) is 14.6. The molecule has 3 amide bonds. The van der Waals surface area contributed by atoms with E-state index in [4.69, 9.17) is 9.47 Å². The van der Waals surface area contributed by atoms with Crippen LogP contribution in [-0.4, -0.2) is 60.5 Å². The second-order valence-corrected chi connectivity index (χ2v) is 7.37. The summed E-state index contributed by atoms with van der Waals surface area (Å²) in [6.07, 6.45) is 2.54. The number of urea groups is 1. The van der Waals surface area contributed by atoms with E-state index in [9.17, 15) is 9.59 Å². The van der Waals surface area contributed by atoms with Crippen molar-refractivity contribution in [3.8, 4) is 0 Å². The van der Waals surface area contributed by atoms with Crippen molar-refractivity contribution in [3.05, 3.63) is 0 Å². The topological polar surface area (TPSA) is 79.9 Å². The second-order valence-electron chi connectivity index (χ2n) is 7.37. The van der Waals surface area contributed by atoms with Crippen LogP contribution < -0.4 is 10.6 Å². The van der Waals surface area contributed by atoms with Crippen LogP contribution in [0.5, 0.6) is 0 Å². The lowest BCUT2D eigenvalue weighted by Crippen LogP contribution is -2.49. The minimum atomic E-state index is -0.503. The van der Waals surface area contributed by atoms with Crippen LogP contribution >= 0.6 is 0 Å². The Morgan fingerprint density at radius 3 is 2.65 bits per heavy atom. The lowest BCUT2D eigenvalue weighted by molar-refractivity contribution is 0.0291. The molecule has 23 heavy (non-hydrogen) atoms. The van der Waals surface area contributed by atoms with Gasteiger partial charge in [-0.2, -0.15) is 0 Å². The summed E-state index contributed by atoms with van der Waals surface area (Å²) in [6.45, 7) is 9.34. The third kappa shape index (κ3) is 5.57. The molecule has 0 bridgehead atoms.